The fourth-order valence-electron chi connectivity index (χ4n) is 1.57. The average molecular weight is 354 g/mol. The Kier molecular flexibility index (Phi) is 4.69. The lowest BCUT2D eigenvalue weighted by molar-refractivity contribution is 0.0577. The van der Waals surface area contributed by atoms with Crippen molar-refractivity contribution in [1.82, 2.24) is 4.90 Å². The summed E-state index contributed by atoms with van der Waals surface area (Å²) in [6.07, 6.45) is -2.51. The molecule has 0 atom stereocenters. The summed E-state index contributed by atoms with van der Waals surface area (Å²) in [5, 5.41) is 2.44. The van der Waals surface area contributed by atoms with E-state index in [9.17, 15) is 13.6 Å². The highest BCUT2D eigenvalue weighted by atomic mass is 79.9. The van der Waals surface area contributed by atoms with Crippen molar-refractivity contribution in [3.63, 3.8) is 0 Å². The van der Waals surface area contributed by atoms with Gasteiger partial charge in [-0.3, -0.25) is 4.79 Å². The molecule has 7 heteroatoms. The van der Waals surface area contributed by atoms with Crippen LogP contribution in [0.2, 0.25) is 0 Å². The summed E-state index contributed by atoms with van der Waals surface area (Å²) in [6.45, 7) is -0.231. The molecule has 0 bridgehead atoms. The van der Waals surface area contributed by atoms with E-state index in [-0.39, 0.29) is 12.5 Å². The van der Waals surface area contributed by atoms with Gasteiger partial charge in [0.15, 0.2) is 0 Å². The van der Waals surface area contributed by atoms with Crippen LogP contribution in [-0.2, 0) is 0 Å². The van der Waals surface area contributed by atoms with E-state index < -0.39 is 13.0 Å². The van der Waals surface area contributed by atoms with Crippen molar-refractivity contribution < 1.29 is 13.6 Å². The number of halogens is 3. The maximum atomic E-state index is 12.4. The summed E-state index contributed by atoms with van der Waals surface area (Å²) in [6, 6.07) is 3.71. The predicted molar refractivity (Wildman–Crippen MR) is 75.4 cm³/mol. The van der Waals surface area contributed by atoms with E-state index in [2.05, 4.69) is 15.9 Å². The molecule has 0 spiro atoms. The van der Waals surface area contributed by atoms with Gasteiger partial charge in [-0.05, 0) is 17.5 Å². The first kappa shape index (κ1) is 13.9. The monoisotopic (exact) mass is 353 g/mol. The molecule has 0 aliphatic rings. The van der Waals surface area contributed by atoms with E-state index in [1.54, 1.807) is 17.4 Å². The first-order chi connectivity index (χ1) is 8.61. The Labute approximate surface area is 119 Å². The van der Waals surface area contributed by atoms with E-state index in [1.807, 2.05) is 11.4 Å². The molecule has 0 aromatic carbocycles. The molecule has 98 valence electrons. The van der Waals surface area contributed by atoms with Crippen LogP contribution in [0.25, 0.3) is 9.40 Å². The molecule has 2 heterocycles. The first-order valence-electron chi connectivity index (χ1n) is 5.22. The topological polar surface area (TPSA) is 20.3 Å². The summed E-state index contributed by atoms with van der Waals surface area (Å²) >= 11 is 6.07. The molecule has 0 fully saturated rings. The minimum atomic E-state index is -2.51. The number of fused-ring (bicyclic) bond motifs is 1. The van der Waals surface area contributed by atoms with Gasteiger partial charge in [-0.2, -0.15) is 0 Å². The highest BCUT2D eigenvalue weighted by Crippen LogP contribution is 2.30. The second-order valence-electron chi connectivity index (χ2n) is 3.59. The largest absolute Gasteiger partial charge is 0.331 e. The maximum absolute atomic E-state index is 12.4. The van der Waals surface area contributed by atoms with Gasteiger partial charge >= 0.3 is 0 Å². The van der Waals surface area contributed by atoms with E-state index in [0.29, 0.717) is 10.2 Å². The van der Waals surface area contributed by atoms with E-state index >= 15 is 0 Å². The predicted octanol–water partition coefficient (Wildman–Crippen LogP) is 4.07. The Bertz CT molecular complexity index is 511. The third-order valence-electron chi connectivity index (χ3n) is 2.35. The molecular formula is C11H10BrF2NOS2. The quantitative estimate of drug-likeness (QED) is 0.742. The highest BCUT2D eigenvalue weighted by Gasteiger charge is 2.21. The fourth-order valence-corrected chi connectivity index (χ4v) is 4.08. The summed E-state index contributed by atoms with van der Waals surface area (Å²) in [5.41, 5.74) is 0. The summed E-state index contributed by atoms with van der Waals surface area (Å²) in [7, 11) is 0. The van der Waals surface area contributed by atoms with Crippen molar-refractivity contribution >= 4 is 53.9 Å². The summed E-state index contributed by atoms with van der Waals surface area (Å²) in [5.74, 6) is -0.317. The zero-order valence-corrected chi connectivity index (χ0v) is 12.5. The van der Waals surface area contributed by atoms with Crippen molar-refractivity contribution in [3.05, 3.63) is 22.4 Å². The van der Waals surface area contributed by atoms with Crippen molar-refractivity contribution in [2.75, 3.05) is 18.4 Å². The Hall–Kier alpha value is -0.530. The minimum absolute atomic E-state index is 0.286. The van der Waals surface area contributed by atoms with Gasteiger partial charge in [-0.25, -0.2) is 8.78 Å². The zero-order chi connectivity index (χ0) is 13.1. The van der Waals surface area contributed by atoms with Crippen LogP contribution in [0.15, 0.2) is 17.5 Å². The molecule has 0 saturated carbocycles. The Balaban J connectivity index is 2.19. The molecule has 0 saturated heterocycles. The van der Waals surface area contributed by atoms with Crippen LogP contribution in [0.5, 0.6) is 0 Å². The highest BCUT2D eigenvalue weighted by molar-refractivity contribution is 9.09. The number of alkyl halides is 3. The van der Waals surface area contributed by atoms with Gasteiger partial charge in [0.05, 0.1) is 11.4 Å². The molecular weight excluding hydrogens is 344 g/mol. The number of carbonyl (C=O) groups is 1. The van der Waals surface area contributed by atoms with Gasteiger partial charge in [0, 0.05) is 21.3 Å². The van der Waals surface area contributed by atoms with Crippen molar-refractivity contribution in [2.45, 2.75) is 6.43 Å². The standard InChI is InChI=1S/C11H10BrF2NOS2/c12-2-3-15(6-10(13)14)11(16)9-5-8-7(18-9)1-4-17-8/h1,4-5,10H,2-3,6H2. The van der Waals surface area contributed by atoms with E-state index in [4.69, 9.17) is 0 Å². The number of thiophene rings is 2. The lowest BCUT2D eigenvalue weighted by atomic mass is 10.3. The number of rotatable bonds is 5. The van der Waals surface area contributed by atoms with Crippen LogP contribution >= 0.6 is 38.6 Å². The number of nitrogens with zero attached hydrogens (tertiary/aromatic N) is 1. The molecule has 0 radical (unpaired) electrons. The zero-order valence-electron chi connectivity index (χ0n) is 9.24. The van der Waals surface area contributed by atoms with Crippen LogP contribution in [0.3, 0.4) is 0 Å². The van der Waals surface area contributed by atoms with Gasteiger partial charge in [-0.1, -0.05) is 15.9 Å². The molecule has 0 N–H and O–H groups in total. The van der Waals surface area contributed by atoms with Crippen LogP contribution in [0, 0.1) is 0 Å². The van der Waals surface area contributed by atoms with Crippen LogP contribution in [0.4, 0.5) is 8.78 Å². The molecule has 0 aliphatic carbocycles. The van der Waals surface area contributed by atoms with Crippen molar-refractivity contribution in [3.8, 4) is 0 Å². The van der Waals surface area contributed by atoms with Gasteiger partial charge in [-0.15, -0.1) is 22.7 Å². The van der Waals surface area contributed by atoms with Gasteiger partial charge < -0.3 is 4.90 Å². The van der Waals surface area contributed by atoms with Crippen molar-refractivity contribution in [1.29, 1.82) is 0 Å². The number of hydrogen-bond donors (Lipinski definition) is 0. The van der Waals surface area contributed by atoms with E-state index in [1.165, 1.54) is 16.2 Å². The Morgan fingerprint density at radius 3 is 2.83 bits per heavy atom. The lowest BCUT2D eigenvalue weighted by Gasteiger charge is -2.20. The number of hydrogen-bond acceptors (Lipinski definition) is 3. The second-order valence-corrected chi connectivity index (χ2v) is 6.42. The third kappa shape index (κ3) is 3.07. The molecule has 2 aromatic heterocycles. The van der Waals surface area contributed by atoms with Gasteiger partial charge in [0.2, 0.25) is 0 Å². The van der Waals surface area contributed by atoms with Crippen molar-refractivity contribution in [2.24, 2.45) is 0 Å². The summed E-state index contributed by atoms with van der Waals surface area (Å²) < 4.78 is 26.9. The van der Waals surface area contributed by atoms with Crippen LogP contribution in [0.1, 0.15) is 9.67 Å². The third-order valence-corrected chi connectivity index (χ3v) is 4.79. The molecule has 18 heavy (non-hydrogen) atoms. The molecule has 2 aromatic rings. The normalized spacial score (nSPS) is 11.3. The van der Waals surface area contributed by atoms with Gasteiger partial charge in [0.25, 0.3) is 12.3 Å². The molecule has 2 rings (SSSR count). The average Bonchev–Trinajstić information content (AvgIpc) is 2.86. The molecule has 2 nitrogen and oxygen atoms in total. The van der Waals surface area contributed by atoms with E-state index in [0.717, 1.165) is 9.40 Å². The maximum Gasteiger partial charge on any atom is 0.264 e. The molecule has 0 unspecified atom stereocenters. The second kappa shape index (κ2) is 6.08. The minimum Gasteiger partial charge on any atom is -0.331 e. The van der Waals surface area contributed by atoms with Crippen LogP contribution in [-0.4, -0.2) is 35.7 Å². The summed E-state index contributed by atoms with van der Waals surface area (Å²) in [4.78, 5) is 13.8. The molecule has 0 aliphatic heterocycles. The van der Waals surface area contributed by atoms with Crippen LogP contribution < -0.4 is 0 Å². The van der Waals surface area contributed by atoms with Gasteiger partial charge in [0.1, 0.15) is 0 Å². The number of carbonyl (C=O) groups excluding carboxylic acids is 1. The SMILES string of the molecule is O=C(c1cc2sccc2s1)N(CCBr)CC(F)F. The smallest absolute Gasteiger partial charge is 0.264 e. The first-order valence-corrected chi connectivity index (χ1v) is 8.04. The Morgan fingerprint density at radius 1 is 1.44 bits per heavy atom. The lowest BCUT2D eigenvalue weighted by Crippen LogP contribution is -2.36. The Morgan fingerprint density at radius 2 is 2.22 bits per heavy atom. The molecule has 1 amide bonds. The number of amides is 1. The fraction of sp³-hybridized carbons (Fsp3) is 0.364.